The van der Waals surface area contributed by atoms with E-state index in [0.29, 0.717) is 12.1 Å². The van der Waals surface area contributed by atoms with E-state index in [1.807, 2.05) is 6.07 Å². The van der Waals surface area contributed by atoms with Crippen molar-refractivity contribution in [3.05, 3.63) is 101 Å². The number of hydrogen-bond donors (Lipinski definition) is 2. The second-order valence-corrected chi connectivity index (χ2v) is 6.68. The number of anilines is 1. The Kier molecular flexibility index (Phi) is 7.26. The second-order valence-electron chi connectivity index (χ2n) is 6.68. The largest absolute Gasteiger partial charge is 0.445 e. The van der Waals surface area contributed by atoms with Gasteiger partial charge >= 0.3 is 6.09 Å². The minimum atomic E-state index is -1.38. The third kappa shape index (κ3) is 6.33. The van der Waals surface area contributed by atoms with E-state index in [2.05, 4.69) is 10.6 Å². The minimum absolute atomic E-state index is 0.00977. The lowest BCUT2D eigenvalue weighted by Crippen LogP contribution is -2.45. The Morgan fingerprint density at radius 2 is 1.39 bits per heavy atom. The van der Waals surface area contributed by atoms with Gasteiger partial charge in [0.25, 0.3) is 0 Å². The fourth-order valence-electron chi connectivity index (χ4n) is 2.80. The smallest absolute Gasteiger partial charge is 0.408 e. The number of rotatable bonds is 7. The molecule has 0 aliphatic carbocycles. The number of benzene rings is 3. The molecule has 8 heteroatoms. The first-order chi connectivity index (χ1) is 14.9. The van der Waals surface area contributed by atoms with Gasteiger partial charge in [-0.15, -0.1) is 0 Å². The van der Waals surface area contributed by atoms with Crippen LogP contribution in [0.4, 0.5) is 23.7 Å². The molecule has 0 bridgehead atoms. The van der Waals surface area contributed by atoms with Crippen LogP contribution in [0.2, 0.25) is 0 Å². The SMILES string of the molecule is O=C(N[C@@H](Cc1ccccc1)C(=O)Nc1cc(F)c(F)cc1F)OCc1ccccc1. The molecule has 2 N–H and O–H groups in total. The summed E-state index contributed by atoms with van der Waals surface area (Å²) in [6.45, 7) is -0.00977. The second kappa shape index (κ2) is 10.3. The van der Waals surface area contributed by atoms with Crippen LogP contribution in [-0.2, 0) is 22.6 Å². The molecule has 0 saturated heterocycles. The van der Waals surface area contributed by atoms with E-state index in [4.69, 9.17) is 4.74 Å². The van der Waals surface area contributed by atoms with E-state index in [1.54, 1.807) is 54.6 Å². The lowest BCUT2D eigenvalue weighted by atomic mass is 10.1. The quantitative estimate of drug-likeness (QED) is 0.542. The molecule has 0 aromatic heterocycles. The van der Waals surface area contributed by atoms with Gasteiger partial charge in [0.2, 0.25) is 5.91 Å². The fraction of sp³-hybridized carbons (Fsp3) is 0.130. The molecule has 1 atom stereocenters. The number of carbonyl (C=O) groups excluding carboxylic acids is 2. The van der Waals surface area contributed by atoms with Gasteiger partial charge in [-0.25, -0.2) is 18.0 Å². The van der Waals surface area contributed by atoms with Crippen molar-refractivity contribution in [1.82, 2.24) is 5.32 Å². The molecule has 3 rings (SSSR count). The van der Waals surface area contributed by atoms with Crippen molar-refractivity contribution in [3.63, 3.8) is 0 Å². The van der Waals surface area contributed by atoms with E-state index >= 15 is 0 Å². The molecule has 3 aromatic carbocycles. The molecule has 31 heavy (non-hydrogen) atoms. The third-order valence-corrected chi connectivity index (χ3v) is 4.37. The van der Waals surface area contributed by atoms with Gasteiger partial charge in [-0.3, -0.25) is 4.79 Å². The molecule has 3 aromatic rings. The van der Waals surface area contributed by atoms with Crippen LogP contribution in [0.3, 0.4) is 0 Å². The number of ether oxygens (including phenoxy) is 1. The number of carbonyl (C=O) groups is 2. The van der Waals surface area contributed by atoms with Crippen molar-refractivity contribution < 1.29 is 27.5 Å². The highest BCUT2D eigenvalue weighted by molar-refractivity contribution is 5.96. The number of halogens is 3. The van der Waals surface area contributed by atoms with E-state index in [9.17, 15) is 22.8 Å². The van der Waals surface area contributed by atoms with Gasteiger partial charge in [0.05, 0.1) is 5.69 Å². The Morgan fingerprint density at radius 1 is 0.806 bits per heavy atom. The Bertz CT molecular complexity index is 1050. The summed E-state index contributed by atoms with van der Waals surface area (Å²) < 4.78 is 45.6. The zero-order chi connectivity index (χ0) is 22.2. The first-order valence-corrected chi connectivity index (χ1v) is 9.39. The average Bonchev–Trinajstić information content (AvgIpc) is 2.77. The van der Waals surface area contributed by atoms with Crippen molar-refractivity contribution in [3.8, 4) is 0 Å². The third-order valence-electron chi connectivity index (χ3n) is 4.37. The first-order valence-electron chi connectivity index (χ1n) is 9.39. The maximum atomic E-state index is 13.9. The van der Waals surface area contributed by atoms with Gasteiger partial charge in [-0.05, 0) is 11.1 Å². The Balaban J connectivity index is 1.71. The number of hydrogen-bond acceptors (Lipinski definition) is 3. The molecule has 0 fully saturated rings. The van der Waals surface area contributed by atoms with Gasteiger partial charge in [0, 0.05) is 18.6 Å². The monoisotopic (exact) mass is 428 g/mol. The molecular weight excluding hydrogens is 409 g/mol. The van der Waals surface area contributed by atoms with Crippen molar-refractivity contribution in [1.29, 1.82) is 0 Å². The first kappa shape index (κ1) is 21.9. The molecule has 0 heterocycles. The zero-order valence-corrected chi connectivity index (χ0v) is 16.3. The molecule has 2 amide bonds. The van der Waals surface area contributed by atoms with E-state index in [-0.39, 0.29) is 13.0 Å². The highest BCUT2D eigenvalue weighted by Crippen LogP contribution is 2.19. The molecule has 160 valence electrons. The van der Waals surface area contributed by atoms with Crippen LogP contribution in [0.1, 0.15) is 11.1 Å². The van der Waals surface area contributed by atoms with Crippen LogP contribution >= 0.6 is 0 Å². The molecule has 0 saturated carbocycles. The highest BCUT2D eigenvalue weighted by Gasteiger charge is 2.24. The van der Waals surface area contributed by atoms with Crippen LogP contribution in [0.25, 0.3) is 0 Å². The Hall–Kier alpha value is -3.81. The maximum absolute atomic E-state index is 13.9. The van der Waals surface area contributed by atoms with E-state index < -0.39 is 41.2 Å². The standard InChI is InChI=1S/C23H19F3N2O3/c24-17-12-19(26)20(13-18(17)25)27-22(29)21(11-15-7-3-1-4-8-15)28-23(30)31-14-16-9-5-2-6-10-16/h1-10,12-13,21H,11,14H2,(H,27,29)(H,28,30)/t21-/m0/s1. The van der Waals surface area contributed by atoms with Crippen molar-refractivity contribution in [2.45, 2.75) is 19.1 Å². The molecule has 0 radical (unpaired) electrons. The van der Waals surface area contributed by atoms with Crippen LogP contribution in [0, 0.1) is 17.5 Å². The summed E-state index contributed by atoms with van der Waals surface area (Å²) in [4.78, 5) is 25.0. The summed E-state index contributed by atoms with van der Waals surface area (Å²) in [6.07, 6.45) is -0.788. The average molecular weight is 428 g/mol. The molecule has 0 aliphatic heterocycles. The van der Waals surface area contributed by atoms with Crippen molar-refractivity contribution in [2.75, 3.05) is 5.32 Å². The van der Waals surface area contributed by atoms with Gasteiger partial charge in [0.1, 0.15) is 18.5 Å². The van der Waals surface area contributed by atoms with Gasteiger partial charge < -0.3 is 15.4 Å². The number of nitrogens with one attached hydrogen (secondary N) is 2. The summed E-state index contributed by atoms with van der Waals surface area (Å²) in [5.41, 5.74) is 0.934. The van der Waals surface area contributed by atoms with Crippen molar-refractivity contribution >= 4 is 17.7 Å². The lowest BCUT2D eigenvalue weighted by molar-refractivity contribution is -0.118. The fourth-order valence-corrected chi connectivity index (χ4v) is 2.80. The summed E-state index contributed by atoms with van der Waals surface area (Å²) in [5, 5.41) is 4.62. The molecular formula is C23H19F3N2O3. The maximum Gasteiger partial charge on any atom is 0.408 e. The lowest BCUT2D eigenvalue weighted by Gasteiger charge is -2.19. The summed E-state index contributed by atoms with van der Waals surface area (Å²) in [5.74, 6) is -4.65. The van der Waals surface area contributed by atoms with Crippen LogP contribution in [-0.4, -0.2) is 18.0 Å². The van der Waals surface area contributed by atoms with Crippen LogP contribution in [0.5, 0.6) is 0 Å². The molecule has 0 unspecified atom stereocenters. The predicted molar refractivity (Wildman–Crippen MR) is 109 cm³/mol. The predicted octanol–water partition coefficient (Wildman–Crippen LogP) is 4.58. The van der Waals surface area contributed by atoms with Gasteiger partial charge in [-0.1, -0.05) is 60.7 Å². The van der Waals surface area contributed by atoms with Crippen molar-refractivity contribution in [2.24, 2.45) is 0 Å². The Labute approximate surface area is 176 Å². The highest BCUT2D eigenvalue weighted by atomic mass is 19.2. The summed E-state index contributed by atoms with van der Waals surface area (Å²) in [7, 11) is 0. The summed E-state index contributed by atoms with van der Waals surface area (Å²) in [6, 6.07) is 17.5. The van der Waals surface area contributed by atoms with Crippen LogP contribution < -0.4 is 10.6 Å². The van der Waals surface area contributed by atoms with Gasteiger partial charge in [0.15, 0.2) is 11.6 Å². The summed E-state index contributed by atoms with van der Waals surface area (Å²) >= 11 is 0. The van der Waals surface area contributed by atoms with Crippen LogP contribution in [0.15, 0.2) is 72.8 Å². The normalized spacial score (nSPS) is 11.5. The van der Waals surface area contributed by atoms with E-state index in [1.165, 1.54) is 0 Å². The molecule has 5 nitrogen and oxygen atoms in total. The number of amides is 2. The van der Waals surface area contributed by atoms with Gasteiger partial charge in [-0.2, -0.15) is 0 Å². The van der Waals surface area contributed by atoms with E-state index in [0.717, 1.165) is 11.1 Å². The molecule has 0 spiro atoms. The topological polar surface area (TPSA) is 67.4 Å². The number of alkyl carbamates (subject to hydrolysis) is 1. The minimum Gasteiger partial charge on any atom is -0.445 e. The Morgan fingerprint density at radius 3 is 2.03 bits per heavy atom. The zero-order valence-electron chi connectivity index (χ0n) is 16.3. The molecule has 0 aliphatic rings.